The van der Waals surface area contributed by atoms with Crippen LogP contribution in [-0.4, -0.2) is 61.7 Å². The topological polar surface area (TPSA) is 86.8 Å². The van der Waals surface area contributed by atoms with Crippen LogP contribution in [0.1, 0.15) is 44.0 Å². The summed E-state index contributed by atoms with van der Waals surface area (Å²) in [6.07, 6.45) is 1.61. The van der Waals surface area contributed by atoms with Crippen molar-refractivity contribution in [1.82, 2.24) is 14.5 Å². The van der Waals surface area contributed by atoms with Crippen molar-refractivity contribution in [3.63, 3.8) is 0 Å². The van der Waals surface area contributed by atoms with E-state index >= 15 is 0 Å². The molecule has 7 nitrogen and oxygen atoms in total. The largest absolute Gasteiger partial charge is 0.350 e. The quantitative estimate of drug-likeness (QED) is 0.797. The van der Waals surface area contributed by atoms with Gasteiger partial charge in [0.1, 0.15) is 4.90 Å². The van der Waals surface area contributed by atoms with E-state index in [1.807, 2.05) is 20.8 Å². The fourth-order valence-electron chi connectivity index (χ4n) is 2.87. The lowest BCUT2D eigenvalue weighted by atomic mass is 10.1. The summed E-state index contributed by atoms with van der Waals surface area (Å²) in [5, 5.41) is 2.86. The molecule has 1 fully saturated rings. The van der Waals surface area contributed by atoms with Crippen LogP contribution >= 0.6 is 11.6 Å². The van der Waals surface area contributed by atoms with Gasteiger partial charge in [0.2, 0.25) is 15.9 Å². The van der Waals surface area contributed by atoms with Gasteiger partial charge in [-0.1, -0.05) is 11.6 Å². The summed E-state index contributed by atoms with van der Waals surface area (Å²) in [5.74, 6) is -0.745. The summed E-state index contributed by atoms with van der Waals surface area (Å²) >= 11 is 6.11. The molecule has 2 rings (SSSR count). The Balaban J connectivity index is 2.21. The van der Waals surface area contributed by atoms with Gasteiger partial charge in [-0.15, -0.1) is 0 Å². The third-order valence-electron chi connectivity index (χ3n) is 4.10. The third kappa shape index (κ3) is 5.43. The summed E-state index contributed by atoms with van der Waals surface area (Å²) in [6, 6.07) is 4.16. The summed E-state index contributed by atoms with van der Waals surface area (Å²) in [5.41, 5.74) is -0.235. The Hall–Kier alpha value is -1.64. The molecule has 27 heavy (non-hydrogen) atoms. The van der Waals surface area contributed by atoms with Crippen molar-refractivity contribution in [3.8, 4) is 0 Å². The second-order valence-electron chi connectivity index (χ2n) is 7.72. The molecule has 0 aliphatic carbocycles. The number of sulfonamides is 1. The summed E-state index contributed by atoms with van der Waals surface area (Å²) in [4.78, 5) is 25.8. The Morgan fingerprint density at radius 3 is 2.37 bits per heavy atom. The zero-order valence-electron chi connectivity index (χ0n) is 16.1. The molecule has 0 spiro atoms. The number of likely N-dealkylation sites (N-methyl/N-ethyl adjacent to an activating group) is 1. The summed E-state index contributed by atoms with van der Waals surface area (Å²) in [7, 11) is -2.25. The minimum Gasteiger partial charge on any atom is -0.350 e. The van der Waals surface area contributed by atoms with E-state index in [4.69, 9.17) is 11.6 Å². The van der Waals surface area contributed by atoms with Gasteiger partial charge in [-0.05, 0) is 51.8 Å². The molecule has 0 saturated carbocycles. The van der Waals surface area contributed by atoms with E-state index in [9.17, 15) is 18.0 Å². The van der Waals surface area contributed by atoms with Gasteiger partial charge in [-0.2, -0.15) is 4.31 Å². The van der Waals surface area contributed by atoms with Gasteiger partial charge < -0.3 is 10.2 Å². The fraction of sp³-hybridized carbons (Fsp3) is 0.556. The van der Waals surface area contributed by atoms with E-state index in [1.54, 1.807) is 0 Å². The number of carbonyl (C=O) groups is 2. The van der Waals surface area contributed by atoms with Crippen LogP contribution in [0.15, 0.2) is 23.1 Å². The Labute approximate surface area is 165 Å². The first-order valence-electron chi connectivity index (χ1n) is 8.78. The maximum Gasteiger partial charge on any atom is 0.254 e. The molecule has 1 aliphatic heterocycles. The van der Waals surface area contributed by atoms with E-state index < -0.39 is 21.5 Å². The van der Waals surface area contributed by atoms with Gasteiger partial charge in [-0.25, -0.2) is 8.42 Å². The molecule has 1 aromatic carbocycles. The van der Waals surface area contributed by atoms with Crippen LogP contribution in [0.25, 0.3) is 0 Å². The molecule has 0 bridgehead atoms. The highest BCUT2D eigenvalue weighted by Crippen LogP contribution is 2.28. The van der Waals surface area contributed by atoms with Crippen LogP contribution < -0.4 is 5.32 Å². The van der Waals surface area contributed by atoms with Crippen molar-refractivity contribution < 1.29 is 18.0 Å². The highest BCUT2D eigenvalue weighted by atomic mass is 35.5. The molecule has 1 aliphatic rings. The third-order valence-corrected chi connectivity index (χ3v) is 6.48. The number of hydrogen-bond acceptors (Lipinski definition) is 4. The number of amides is 2. The maximum atomic E-state index is 12.8. The molecule has 0 unspecified atom stereocenters. The van der Waals surface area contributed by atoms with Crippen LogP contribution in [0.5, 0.6) is 0 Å². The highest BCUT2D eigenvalue weighted by molar-refractivity contribution is 7.89. The first-order chi connectivity index (χ1) is 12.4. The Morgan fingerprint density at radius 2 is 1.81 bits per heavy atom. The van der Waals surface area contributed by atoms with Crippen molar-refractivity contribution in [2.75, 3.05) is 26.7 Å². The van der Waals surface area contributed by atoms with E-state index in [0.717, 1.165) is 12.8 Å². The normalized spacial score (nSPS) is 15.6. The van der Waals surface area contributed by atoms with Crippen LogP contribution in [0, 0.1) is 0 Å². The molecule has 0 radical (unpaired) electrons. The minimum absolute atomic E-state index is 0.0755. The minimum atomic E-state index is -3.75. The average Bonchev–Trinajstić information content (AvgIpc) is 3.07. The molecule has 150 valence electrons. The Morgan fingerprint density at radius 1 is 1.22 bits per heavy atom. The predicted molar refractivity (Wildman–Crippen MR) is 104 cm³/mol. The number of carbonyl (C=O) groups excluding carboxylic acids is 2. The zero-order valence-corrected chi connectivity index (χ0v) is 17.7. The summed E-state index contributed by atoms with van der Waals surface area (Å²) in [6.45, 7) is 6.31. The van der Waals surface area contributed by atoms with Gasteiger partial charge in [-0.3, -0.25) is 9.59 Å². The van der Waals surface area contributed by atoms with E-state index in [0.29, 0.717) is 13.1 Å². The van der Waals surface area contributed by atoms with Gasteiger partial charge in [0.15, 0.2) is 0 Å². The van der Waals surface area contributed by atoms with Crippen molar-refractivity contribution in [3.05, 3.63) is 28.8 Å². The number of rotatable bonds is 5. The van der Waals surface area contributed by atoms with Crippen LogP contribution in [0.4, 0.5) is 0 Å². The van der Waals surface area contributed by atoms with Gasteiger partial charge in [0.05, 0.1) is 11.6 Å². The SMILES string of the molecule is CN(CC(=O)NC(C)(C)C)C(=O)c1ccc(Cl)c(S(=O)(=O)N2CCCC2)c1. The number of halogens is 1. The molecular weight excluding hydrogens is 390 g/mol. The van der Waals surface area contributed by atoms with Crippen LogP contribution in [-0.2, 0) is 14.8 Å². The van der Waals surface area contributed by atoms with Crippen molar-refractivity contribution in [1.29, 1.82) is 0 Å². The lowest BCUT2D eigenvalue weighted by Crippen LogP contribution is -2.46. The number of hydrogen-bond donors (Lipinski definition) is 1. The highest BCUT2D eigenvalue weighted by Gasteiger charge is 2.30. The van der Waals surface area contributed by atoms with Gasteiger partial charge in [0, 0.05) is 31.2 Å². The first kappa shape index (κ1) is 21.7. The van der Waals surface area contributed by atoms with Crippen molar-refractivity contribution in [2.45, 2.75) is 44.0 Å². The van der Waals surface area contributed by atoms with E-state index in [1.165, 1.54) is 34.5 Å². The summed E-state index contributed by atoms with van der Waals surface area (Å²) < 4.78 is 27.0. The molecule has 1 N–H and O–H groups in total. The second kappa shape index (κ2) is 8.16. The van der Waals surface area contributed by atoms with Crippen LogP contribution in [0.2, 0.25) is 5.02 Å². The zero-order chi connectivity index (χ0) is 20.4. The number of nitrogens with one attached hydrogen (secondary N) is 1. The lowest BCUT2D eigenvalue weighted by Gasteiger charge is -2.23. The van der Waals surface area contributed by atoms with Gasteiger partial charge in [0.25, 0.3) is 5.91 Å². The monoisotopic (exact) mass is 415 g/mol. The number of nitrogens with zero attached hydrogens (tertiary/aromatic N) is 2. The number of benzene rings is 1. The lowest BCUT2D eigenvalue weighted by molar-refractivity contribution is -0.122. The second-order valence-corrected chi connectivity index (χ2v) is 10.0. The van der Waals surface area contributed by atoms with E-state index in [2.05, 4.69) is 5.32 Å². The predicted octanol–water partition coefficient (Wildman–Crippen LogP) is 2.11. The average molecular weight is 416 g/mol. The van der Waals surface area contributed by atoms with Gasteiger partial charge >= 0.3 is 0 Å². The molecule has 9 heteroatoms. The molecule has 1 saturated heterocycles. The molecule has 1 heterocycles. The molecule has 1 aromatic rings. The van der Waals surface area contributed by atoms with Crippen molar-refractivity contribution >= 4 is 33.4 Å². The smallest absolute Gasteiger partial charge is 0.254 e. The fourth-order valence-corrected chi connectivity index (χ4v) is 4.88. The maximum absolute atomic E-state index is 12.8. The Kier molecular flexibility index (Phi) is 6.55. The Bertz CT molecular complexity index is 827. The first-order valence-corrected chi connectivity index (χ1v) is 10.6. The standard InChI is InChI=1S/C18H26ClN3O4S/c1-18(2,3)20-16(23)12-21(4)17(24)13-7-8-14(19)15(11-13)27(25,26)22-9-5-6-10-22/h7-8,11H,5-6,9-10,12H2,1-4H3,(H,20,23). The molecule has 0 aromatic heterocycles. The molecule has 2 amide bonds. The van der Waals surface area contributed by atoms with E-state index in [-0.39, 0.29) is 27.9 Å². The van der Waals surface area contributed by atoms with Crippen molar-refractivity contribution in [2.24, 2.45) is 0 Å². The molecule has 0 atom stereocenters. The van der Waals surface area contributed by atoms with Crippen LogP contribution in [0.3, 0.4) is 0 Å². The molecular formula is C18H26ClN3O4S.